The Labute approximate surface area is 167 Å². The molecule has 0 aliphatic rings. The lowest BCUT2D eigenvalue weighted by molar-refractivity contribution is 0.0577. The minimum atomic E-state index is -0.552. The number of amides is 1. The summed E-state index contributed by atoms with van der Waals surface area (Å²) in [5.41, 5.74) is 4.67. The second kappa shape index (κ2) is 8.30. The summed E-state index contributed by atoms with van der Waals surface area (Å²) in [6, 6.07) is 27.1. The van der Waals surface area contributed by atoms with Crippen LogP contribution in [0.2, 0.25) is 0 Å². The van der Waals surface area contributed by atoms with Crippen molar-refractivity contribution >= 4 is 11.8 Å². The minimum Gasteiger partial charge on any atom is -0.443 e. The van der Waals surface area contributed by atoms with Crippen molar-refractivity contribution in [3.63, 3.8) is 0 Å². The van der Waals surface area contributed by atoms with Crippen molar-refractivity contribution in [2.24, 2.45) is 0 Å². The lowest BCUT2D eigenvalue weighted by Crippen LogP contribution is -2.36. The van der Waals surface area contributed by atoms with E-state index in [1.54, 1.807) is 4.90 Å². The molecule has 0 N–H and O–H groups in total. The zero-order valence-electron chi connectivity index (χ0n) is 16.9. The third-order valence-corrected chi connectivity index (χ3v) is 4.24. The molecular formula is C25H26NO2. The monoisotopic (exact) mass is 372 g/mol. The van der Waals surface area contributed by atoms with Gasteiger partial charge in [-0.1, -0.05) is 54.6 Å². The molecule has 1 amide bonds. The lowest BCUT2D eigenvalue weighted by atomic mass is 10.0. The number of anilines is 1. The van der Waals surface area contributed by atoms with Crippen LogP contribution in [-0.4, -0.2) is 11.7 Å². The minimum absolute atomic E-state index is 0.354. The van der Waals surface area contributed by atoms with Gasteiger partial charge in [-0.2, -0.15) is 0 Å². The van der Waals surface area contributed by atoms with E-state index in [0.29, 0.717) is 6.54 Å². The fourth-order valence-electron chi connectivity index (χ4n) is 2.94. The first-order chi connectivity index (χ1) is 13.3. The molecule has 3 aromatic carbocycles. The van der Waals surface area contributed by atoms with E-state index in [9.17, 15) is 4.79 Å². The Kier molecular flexibility index (Phi) is 5.84. The summed E-state index contributed by atoms with van der Waals surface area (Å²) in [6.07, 6.45) is -0.354. The molecule has 28 heavy (non-hydrogen) atoms. The number of aryl methyl sites for hydroxylation is 1. The van der Waals surface area contributed by atoms with E-state index in [0.717, 1.165) is 22.4 Å². The second-order valence-electron chi connectivity index (χ2n) is 7.90. The van der Waals surface area contributed by atoms with Gasteiger partial charge < -0.3 is 4.74 Å². The normalized spacial score (nSPS) is 11.1. The van der Waals surface area contributed by atoms with Crippen molar-refractivity contribution in [3.05, 3.63) is 90.0 Å². The van der Waals surface area contributed by atoms with Crippen LogP contribution in [0, 0.1) is 13.0 Å². The molecule has 0 unspecified atom stereocenters. The van der Waals surface area contributed by atoms with Crippen molar-refractivity contribution in [2.45, 2.75) is 39.8 Å². The van der Waals surface area contributed by atoms with Crippen LogP contribution in [0.25, 0.3) is 11.1 Å². The summed E-state index contributed by atoms with van der Waals surface area (Å²) >= 11 is 0. The SMILES string of the molecule is Cc1c[c]cc(-c2ccc(N(Cc3ccccc3)C(=O)OC(C)(C)C)cc2)c1. The van der Waals surface area contributed by atoms with E-state index >= 15 is 0 Å². The highest BCUT2D eigenvalue weighted by Crippen LogP contribution is 2.26. The number of carbonyl (C=O) groups excluding carboxylic acids is 1. The maximum absolute atomic E-state index is 12.9. The van der Waals surface area contributed by atoms with Gasteiger partial charge in [0.1, 0.15) is 5.60 Å². The van der Waals surface area contributed by atoms with Crippen molar-refractivity contribution in [3.8, 4) is 11.1 Å². The molecule has 0 bridgehead atoms. The molecule has 0 aliphatic carbocycles. The number of nitrogens with zero attached hydrogens (tertiary/aromatic N) is 1. The standard InChI is InChI=1S/C25H26NO2/c1-19-9-8-12-22(17-19)21-13-15-23(16-14-21)26(24(27)28-25(2,3)4)18-20-10-6-5-7-11-20/h5-7,9-17H,18H2,1-4H3. The average molecular weight is 372 g/mol. The molecule has 0 saturated carbocycles. The van der Waals surface area contributed by atoms with Gasteiger partial charge in [0.2, 0.25) is 0 Å². The Morgan fingerprint density at radius 2 is 1.64 bits per heavy atom. The molecule has 0 spiro atoms. The third-order valence-electron chi connectivity index (χ3n) is 4.24. The molecule has 0 aromatic heterocycles. The van der Waals surface area contributed by atoms with Crippen molar-refractivity contribution < 1.29 is 9.53 Å². The van der Waals surface area contributed by atoms with Crippen LogP contribution in [0.5, 0.6) is 0 Å². The number of ether oxygens (including phenoxy) is 1. The van der Waals surface area contributed by atoms with Gasteiger partial charge in [-0.3, -0.25) is 4.90 Å². The molecule has 0 heterocycles. The molecule has 143 valence electrons. The molecule has 3 heteroatoms. The number of rotatable bonds is 4. The van der Waals surface area contributed by atoms with E-state index in [4.69, 9.17) is 4.74 Å². The molecule has 1 radical (unpaired) electrons. The maximum Gasteiger partial charge on any atom is 0.415 e. The first kappa shape index (κ1) is 19.7. The van der Waals surface area contributed by atoms with Gasteiger partial charge in [0.25, 0.3) is 0 Å². The topological polar surface area (TPSA) is 29.5 Å². The van der Waals surface area contributed by atoms with Gasteiger partial charge in [0.15, 0.2) is 0 Å². The Morgan fingerprint density at radius 3 is 2.25 bits per heavy atom. The van der Waals surface area contributed by atoms with Gasteiger partial charge in [-0.25, -0.2) is 4.79 Å². The summed E-state index contributed by atoms with van der Waals surface area (Å²) in [7, 11) is 0. The Morgan fingerprint density at radius 1 is 0.964 bits per heavy atom. The quantitative estimate of drug-likeness (QED) is 0.530. The highest BCUT2D eigenvalue weighted by atomic mass is 16.6. The summed E-state index contributed by atoms with van der Waals surface area (Å²) < 4.78 is 5.64. The van der Waals surface area contributed by atoms with E-state index < -0.39 is 5.60 Å². The molecule has 3 nitrogen and oxygen atoms in total. The lowest BCUT2D eigenvalue weighted by Gasteiger charge is -2.27. The fraction of sp³-hybridized carbons (Fsp3) is 0.240. The van der Waals surface area contributed by atoms with Crippen LogP contribution in [0.1, 0.15) is 31.9 Å². The van der Waals surface area contributed by atoms with Gasteiger partial charge in [-0.05, 0) is 74.2 Å². The molecule has 3 aromatic rings. The summed E-state index contributed by atoms with van der Waals surface area (Å²) in [5.74, 6) is 0. The Bertz CT molecular complexity index is 925. The summed E-state index contributed by atoms with van der Waals surface area (Å²) in [5, 5.41) is 0. The summed E-state index contributed by atoms with van der Waals surface area (Å²) in [4.78, 5) is 14.5. The number of hydrogen-bond donors (Lipinski definition) is 0. The van der Waals surface area contributed by atoms with Crippen LogP contribution in [0.4, 0.5) is 10.5 Å². The summed E-state index contributed by atoms with van der Waals surface area (Å²) in [6.45, 7) is 8.14. The number of benzene rings is 3. The molecule has 0 aliphatic heterocycles. The highest BCUT2D eigenvalue weighted by molar-refractivity contribution is 5.88. The average Bonchev–Trinajstić information content (AvgIpc) is 2.66. The van der Waals surface area contributed by atoms with Crippen molar-refractivity contribution in [1.82, 2.24) is 0 Å². The van der Waals surface area contributed by atoms with Crippen LogP contribution in [0.3, 0.4) is 0 Å². The van der Waals surface area contributed by atoms with E-state index in [1.165, 1.54) is 5.56 Å². The number of carbonyl (C=O) groups is 1. The van der Waals surface area contributed by atoms with Gasteiger partial charge in [-0.15, -0.1) is 0 Å². The first-order valence-corrected chi connectivity index (χ1v) is 9.44. The smallest absolute Gasteiger partial charge is 0.415 e. The Hall–Kier alpha value is -3.07. The fourth-order valence-corrected chi connectivity index (χ4v) is 2.94. The van der Waals surface area contributed by atoms with Crippen LogP contribution in [-0.2, 0) is 11.3 Å². The van der Waals surface area contributed by atoms with Crippen molar-refractivity contribution in [1.29, 1.82) is 0 Å². The van der Waals surface area contributed by atoms with Gasteiger partial charge >= 0.3 is 6.09 Å². The predicted molar refractivity (Wildman–Crippen MR) is 114 cm³/mol. The van der Waals surface area contributed by atoms with E-state index in [-0.39, 0.29) is 6.09 Å². The van der Waals surface area contributed by atoms with E-state index in [1.807, 2.05) is 87.5 Å². The molecule has 0 saturated heterocycles. The highest BCUT2D eigenvalue weighted by Gasteiger charge is 2.23. The van der Waals surface area contributed by atoms with Crippen LogP contribution in [0.15, 0.2) is 72.8 Å². The first-order valence-electron chi connectivity index (χ1n) is 9.44. The second-order valence-corrected chi connectivity index (χ2v) is 7.90. The molecular weight excluding hydrogens is 346 g/mol. The molecule has 0 fully saturated rings. The number of hydrogen-bond acceptors (Lipinski definition) is 2. The molecule has 3 rings (SSSR count). The largest absolute Gasteiger partial charge is 0.443 e. The molecule has 0 atom stereocenters. The van der Waals surface area contributed by atoms with Gasteiger partial charge in [0.05, 0.1) is 6.54 Å². The van der Waals surface area contributed by atoms with Crippen molar-refractivity contribution in [2.75, 3.05) is 4.90 Å². The van der Waals surface area contributed by atoms with Gasteiger partial charge in [0, 0.05) is 5.69 Å². The Balaban J connectivity index is 1.89. The van der Waals surface area contributed by atoms with Crippen LogP contribution >= 0.6 is 0 Å². The zero-order chi connectivity index (χ0) is 20.1. The van der Waals surface area contributed by atoms with Crippen LogP contribution < -0.4 is 4.90 Å². The third kappa shape index (κ3) is 5.23. The van der Waals surface area contributed by atoms with E-state index in [2.05, 4.69) is 19.1 Å². The predicted octanol–water partition coefficient (Wildman–Crippen LogP) is 6.40. The maximum atomic E-state index is 12.9. The zero-order valence-corrected chi connectivity index (χ0v) is 16.9.